The number of carbonyl (C=O) groups is 1. The predicted octanol–water partition coefficient (Wildman–Crippen LogP) is 0.803. The first-order valence-corrected chi connectivity index (χ1v) is 7.40. The number of esters is 1. The average molecular weight is 280 g/mol. The van der Waals surface area contributed by atoms with Gasteiger partial charge in [0.1, 0.15) is 6.04 Å². The van der Waals surface area contributed by atoms with Crippen LogP contribution in [0.15, 0.2) is 12.4 Å². The largest absolute Gasteiger partial charge is 0.465 e. The van der Waals surface area contributed by atoms with E-state index in [1.54, 1.807) is 6.20 Å². The van der Waals surface area contributed by atoms with Crippen molar-refractivity contribution in [2.24, 2.45) is 0 Å². The molecule has 6 nitrogen and oxygen atoms in total. The van der Waals surface area contributed by atoms with E-state index in [-0.39, 0.29) is 12.0 Å². The topological polar surface area (TPSA) is 59.4 Å². The summed E-state index contributed by atoms with van der Waals surface area (Å²) in [5.41, 5.74) is 0.923. The molecule has 1 aromatic rings. The summed E-state index contributed by atoms with van der Waals surface area (Å²) in [6.07, 6.45) is 4.77. The van der Waals surface area contributed by atoms with E-state index in [1.165, 1.54) is 0 Å². The van der Waals surface area contributed by atoms with Crippen molar-refractivity contribution in [2.45, 2.75) is 32.9 Å². The van der Waals surface area contributed by atoms with Crippen molar-refractivity contribution in [3.63, 3.8) is 0 Å². The summed E-state index contributed by atoms with van der Waals surface area (Å²) in [6.45, 7) is 8.73. The maximum atomic E-state index is 12.3. The van der Waals surface area contributed by atoms with Gasteiger partial charge < -0.3 is 10.1 Å². The van der Waals surface area contributed by atoms with E-state index in [2.05, 4.69) is 15.3 Å². The first-order chi connectivity index (χ1) is 9.76. The third kappa shape index (κ3) is 3.58. The smallest absolute Gasteiger partial charge is 0.328 e. The quantitative estimate of drug-likeness (QED) is 0.809. The molecule has 2 rings (SSSR count). The Hall–Kier alpha value is -1.40. The Morgan fingerprint density at radius 2 is 2.30 bits per heavy atom. The Morgan fingerprint density at radius 3 is 3.00 bits per heavy atom. The second kappa shape index (κ2) is 7.40. The van der Waals surface area contributed by atoms with E-state index in [0.717, 1.165) is 44.7 Å². The summed E-state index contributed by atoms with van der Waals surface area (Å²) >= 11 is 0. The molecular weight excluding hydrogens is 256 g/mol. The van der Waals surface area contributed by atoms with Crippen molar-refractivity contribution in [3.8, 4) is 0 Å². The molecule has 112 valence electrons. The second-order valence-corrected chi connectivity index (χ2v) is 4.92. The molecule has 1 aliphatic rings. The van der Waals surface area contributed by atoms with Crippen molar-refractivity contribution >= 4 is 5.97 Å². The minimum absolute atomic E-state index is 0.176. The van der Waals surface area contributed by atoms with Gasteiger partial charge in [-0.1, -0.05) is 0 Å². The molecule has 0 spiro atoms. The van der Waals surface area contributed by atoms with Crippen LogP contribution < -0.4 is 5.32 Å². The highest BCUT2D eigenvalue weighted by Crippen LogP contribution is 2.22. The van der Waals surface area contributed by atoms with Gasteiger partial charge in [-0.15, -0.1) is 0 Å². The average Bonchev–Trinajstić information content (AvgIpc) is 2.75. The molecule has 1 aromatic heterocycles. The molecule has 1 fully saturated rings. The van der Waals surface area contributed by atoms with Gasteiger partial charge in [-0.25, -0.2) is 4.79 Å². The summed E-state index contributed by atoms with van der Waals surface area (Å²) in [7, 11) is 0. The molecular formula is C14H24N4O2. The van der Waals surface area contributed by atoms with E-state index < -0.39 is 0 Å². The van der Waals surface area contributed by atoms with Gasteiger partial charge in [-0.05, 0) is 26.8 Å². The van der Waals surface area contributed by atoms with Crippen molar-refractivity contribution in [1.82, 2.24) is 20.0 Å². The first kappa shape index (κ1) is 15.0. The molecule has 1 N–H and O–H groups in total. The Bertz CT molecular complexity index is 425. The minimum atomic E-state index is -0.338. The van der Waals surface area contributed by atoms with Gasteiger partial charge in [-0.3, -0.25) is 9.58 Å². The third-order valence-electron chi connectivity index (χ3n) is 3.54. The van der Waals surface area contributed by atoms with Crippen LogP contribution in [-0.2, 0) is 16.1 Å². The summed E-state index contributed by atoms with van der Waals surface area (Å²) in [5, 5.41) is 7.64. The fourth-order valence-corrected chi connectivity index (χ4v) is 2.54. The summed E-state index contributed by atoms with van der Waals surface area (Å²) < 4.78 is 7.10. The predicted molar refractivity (Wildman–Crippen MR) is 76.3 cm³/mol. The fraction of sp³-hybridized carbons (Fsp3) is 0.714. The van der Waals surface area contributed by atoms with Gasteiger partial charge >= 0.3 is 5.97 Å². The first-order valence-electron chi connectivity index (χ1n) is 7.40. The molecule has 1 unspecified atom stereocenters. The molecule has 1 aliphatic heterocycles. The molecule has 0 bridgehead atoms. The number of carbonyl (C=O) groups excluding carboxylic acids is 1. The Labute approximate surface area is 120 Å². The third-order valence-corrected chi connectivity index (χ3v) is 3.54. The van der Waals surface area contributed by atoms with Crippen LogP contribution in [0.25, 0.3) is 0 Å². The van der Waals surface area contributed by atoms with Crippen LogP contribution in [0.1, 0.15) is 31.9 Å². The number of nitrogens with zero attached hydrogens (tertiary/aromatic N) is 3. The maximum absolute atomic E-state index is 12.3. The number of rotatable bonds is 5. The van der Waals surface area contributed by atoms with Crippen LogP contribution in [0.3, 0.4) is 0 Å². The summed E-state index contributed by atoms with van der Waals surface area (Å²) in [6, 6.07) is -0.338. The zero-order chi connectivity index (χ0) is 14.4. The van der Waals surface area contributed by atoms with Crippen LogP contribution in [0, 0.1) is 0 Å². The van der Waals surface area contributed by atoms with Crippen molar-refractivity contribution in [2.75, 3.05) is 32.8 Å². The highest BCUT2D eigenvalue weighted by atomic mass is 16.5. The molecule has 1 saturated heterocycles. The van der Waals surface area contributed by atoms with E-state index in [0.29, 0.717) is 6.61 Å². The highest BCUT2D eigenvalue weighted by molar-refractivity contribution is 5.77. The monoisotopic (exact) mass is 280 g/mol. The number of hydrogen-bond donors (Lipinski definition) is 1. The van der Waals surface area contributed by atoms with Gasteiger partial charge in [0, 0.05) is 37.9 Å². The fourth-order valence-electron chi connectivity index (χ4n) is 2.54. The van der Waals surface area contributed by atoms with Gasteiger partial charge in [0.2, 0.25) is 0 Å². The molecule has 0 radical (unpaired) electrons. The maximum Gasteiger partial charge on any atom is 0.328 e. The Morgan fingerprint density at radius 1 is 1.45 bits per heavy atom. The van der Waals surface area contributed by atoms with E-state index >= 15 is 0 Å². The number of ether oxygens (including phenoxy) is 1. The van der Waals surface area contributed by atoms with Gasteiger partial charge in [-0.2, -0.15) is 5.10 Å². The summed E-state index contributed by atoms with van der Waals surface area (Å²) in [5.74, 6) is -0.176. The SMILES string of the molecule is CCOC(=O)C(c1cnn(CC)c1)N1CCCNCC1. The van der Waals surface area contributed by atoms with Gasteiger partial charge in [0.25, 0.3) is 0 Å². The Balaban J connectivity index is 2.20. The summed E-state index contributed by atoms with van der Waals surface area (Å²) in [4.78, 5) is 14.5. The number of aryl methyl sites for hydroxylation is 1. The molecule has 20 heavy (non-hydrogen) atoms. The standard InChI is InChI=1S/C14H24N4O2/c1-3-18-11-12(10-16-18)13(14(19)20-4-2)17-8-5-6-15-7-9-17/h10-11,13,15H,3-9H2,1-2H3. The van der Waals surface area contributed by atoms with Crippen molar-refractivity contribution in [1.29, 1.82) is 0 Å². The molecule has 0 aliphatic carbocycles. The lowest BCUT2D eigenvalue weighted by atomic mass is 10.1. The number of nitrogens with one attached hydrogen (secondary N) is 1. The molecule has 0 amide bonds. The zero-order valence-electron chi connectivity index (χ0n) is 12.3. The van der Waals surface area contributed by atoms with Crippen LogP contribution in [0.5, 0.6) is 0 Å². The molecule has 0 aromatic carbocycles. The lowest BCUT2D eigenvalue weighted by Crippen LogP contribution is -2.37. The van der Waals surface area contributed by atoms with Crippen LogP contribution in [-0.4, -0.2) is 53.4 Å². The number of hydrogen-bond acceptors (Lipinski definition) is 5. The normalized spacial score (nSPS) is 18.5. The molecule has 0 saturated carbocycles. The van der Waals surface area contributed by atoms with Crippen LogP contribution >= 0.6 is 0 Å². The van der Waals surface area contributed by atoms with E-state index in [1.807, 2.05) is 24.7 Å². The highest BCUT2D eigenvalue weighted by Gasteiger charge is 2.30. The van der Waals surface area contributed by atoms with E-state index in [9.17, 15) is 4.79 Å². The lowest BCUT2D eigenvalue weighted by Gasteiger charge is -2.27. The zero-order valence-corrected chi connectivity index (χ0v) is 12.3. The van der Waals surface area contributed by atoms with Gasteiger partial charge in [0.05, 0.1) is 12.8 Å². The molecule has 6 heteroatoms. The van der Waals surface area contributed by atoms with Gasteiger partial charge in [0.15, 0.2) is 0 Å². The lowest BCUT2D eigenvalue weighted by molar-refractivity contribution is -0.149. The van der Waals surface area contributed by atoms with Crippen molar-refractivity contribution < 1.29 is 9.53 Å². The van der Waals surface area contributed by atoms with Crippen LogP contribution in [0.2, 0.25) is 0 Å². The van der Waals surface area contributed by atoms with Crippen LogP contribution in [0.4, 0.5) is 0 Å². The molecule has 1 atom stereocenters. The number of aromatic nitrogens is 2. The minimum Gasteiger partial charge on any atom is -0.465 e. The molecule has 2 heterocycles. The second-order valence-electron chi connectivity index (χ2n) is 4.92. The van der Waals surface area contributed by atoms with E-state index in [4.69, 9.17) is 4.74 Å². The van der Waals surface area contributed by atoms with Crippen molar-refractivity contribution in [3.05, 3.63) is 18.0 Å². The Kier molecular flexibility index (Phi) is 5.55.